The fraction of sp³-hybridized carbons (Fsp3) is 0.273. The van der Waals surface area contributed by atoms with E-state index in [1.54, 1.807) is 18.2 Å². The predicted molar refractivity (Wildman–Crippen MR) is 57.5 cm³/mol. The van der Waals surface area contributed by atoms with Gasteiger partial charge in [-0.15, -0.1) is 6.58 Å². The highest BCUT2D eigenvalue weighted by atomic mass is 16.6. The Labute approximate surface area is 88.0 Å². The molecule has 0 saturated carbocycles. The van der Waals surface area contributed by atoms with Crippen molar-refractivity contribution in [3.63, 3.8) is 0 Å². The summed E-state index contributed by atoms with van der Waals surface area (Å²) >= 11 is 0. The van der Waals surface area contributed by atoms with Gasteiger partial charge < -0.3 is 0 Å². The molecule has 1 aromatic rings. The SMILES string of the molecule is C=CC1CN1Cc1ccccc1[N+](=O)[O-]. The van der Waals surface area contributed by atoms with Gasteiger partial charge in [-0.05, 0) is 0 Å². The van der Waals surface area contributed by atoms with E-state index in [0.717, 1.165) is 12.1 Å². The Morgan fingerprint density at radius 1 is 1.60 bits per heavy atom. The Kier molecular flexibility index (Phi) is 2.51. The molecule has 1 saturated heterocycles. The van der Waals surface area contributed by atoms with Crippen molar-refractivity contribution < 1.29 is 4.92 Å². The number of nitrogens with zero attached hydrogens (tertiary/aromatic N) is 2. The summed E-state index contributed by atoms with van der Waals surface area (Å²) in [6.45, 7) is 5.28. The largest absolute Gasteiger partial charge is 0.289 e. The molecule has 0 bridgehead atoms. The van der Waals surface area contributed by atoms with Crippen LogP contribution in [0, 0.1) is 10.1 Å². The lowest BCUT2D eigenvalue weighted by molar-refractivity contribution is -0.385. The number of hydrogen-bond acceptors (Lipinski definition) is 3. The maximum Gasteiger partial charge on any atom is 0.273 e. The van der Waals surface area contributed by atoms with Gasteiger partial charge in [-0.25, -0.2) is 0 Å². The minimum atomic E-state index is -0.332. The molecule has 0 N–H and O–H groups in total. The summed E-state index contributed by atoms with van der Waals surface area (Å²) in [7, 11) is 0. The third-order valence-corrected chi connectivity index (χ3v) is 2.59. The molecule has 0 radical (unpaired) electrons. The van der Waals surface area contributed by atoms with E-state index in [9.17, 15) is 10.1 Å². The molecule has 4 heteroatoms. The van der Waals surface area contributed by atoms with Crippen LogP contribution >= 0.6 is 0 Å². The maximum atomic E-state index is 10.7. The summed E-state index contributed by atoms with van der Waals surface area (Å²) in [6, 6.07) is 7.26. The molecule has 1 heterocycles. The lowest BCUT2D eigenvalue weighted by Gasteiger charge is -2.03. The molecule has 1 aliphatic rings. The minimum Gasteiger partial charge on any atom is -0.289 e. The topological polar surface area (TPSA) is 46.1 Å². The summed E-state index contributed by atoms with van der Waals surface area (Å²) in [5.41, 5.74) is 0.971. The van der Waals surface area contributed by atoms with Crippen molar-refractivity contribution in [3.05, 3.63) is 52.6 Å². The molecule has 2 rings (SSSR count). The van der Waals surface area contributed by atoms with Crippen LogP contribution in [0.5, 0.6) is 0 Å². The fourth-order valence-electron chi connectivity index (χ4n) is 1.64. The lowest BCUT2D eigenvalue weighted by atomic mass is 10.2. The van der Waals surface area contributed by atoms with E-state index in [1.807, 2.05) is 12.1 Å². The van der Waals surface area contributed by atoms with E-state index < -0.39 is 0 Å². The molecule has 1 aromatic carbocycles. The van der Waals surface area contributed by atoms with Crippen LogP contribution in [0.25, 0.3) is 0 Å². The normalized spacial score (nSPS) is 23.5. The van der Waals surface area contributed by atoms with Crippen molar-refractivity contribution in [1.29, 1.82) is 0 Å². The minimum absolute atomic E-state index is 0.201. The number of rotatable bonds is 4. The fourth-order valence-corrected chi connectivity index (χ4v) is 1.64. The van der Waals surface area contributed by atoms with Crippen LogP contribution < -0.4 is 0 Å². The van der Waals surface area contributed by atoms with Crippen molar-refractivity contribution in [2.24, 2.45) is 0 Å². The first kappa shape index (κ1) is 9.86. The zero-order valence-electron chi connectivity index (χ0n) is 8.30. The Bertz CT molecular complexity index is 403. The predicted octanol–water partition coefficient (Wildman–Crippen LogP) is 1.96. The second kappa shape index (κ2) is 3.82. The summed E-state index contributed by atoms with van der Waals surface area (Å²) in [5, 5.41) is 10.7. The number of hydrogen-bond donors (Lipinski definition) is 0. The van der Waals surface area contributed by atoms with Gasteiger partial charge in [0.2, 0.25) is 0 Å². The lowest BCUT2D eigenvalue weighted by Crippen LogP contribution is -2.03. The summed E-state index contributed by atoms with van der Waals surface area (Å²) in [5.74, 6) is 0. The van der Waals surface area contributed by atoms with E-state index >= 15 is 0 Å². The van der Waals surface area contributed by atoms with Crippen LogP contribution in [-0.4, -0.2) is 22.4 Å². The second-order valence-electron chi connectivity index (χ2n) is 3.62. The molecule has 0 spiro atoms. The van der Waals surface area contributed by atoms with Crippen molar-refractivity contribution >= 4 is 5.69 Å². The number of nitro groups is 1. The second-order valence-corrected chi connectivity index (χ2v) is 3.62. The first-order chi connectivity index (χ1) is 7.22. The molecular formula is C11H12N2O2. The summed E-state index contributed by atoms with van der Waals surface area (Å²) in [4.78, 5) is 12.5. The highest BCUT2D eigenvalue weighted by molar-refractivity contribution is 5.40. The van der Waals surface area contributed by atoms with Crippen molar-refractivity contribution in [3.8, 4) is 0 Å². The first-order valence-corrected chi connectivity index (χ1v) is 4.81. The molecule has 4 nitrogen and oxygen atoms in total. The van der Waals surface area contributed by atoms with Crippen LogP contribution in [0.3, 0.4) is 0 Å². The average Bonchev–Trinajstić information content (AvgIpc) is 2.97. The zero-order valence-corrected chi connectivity index (χ0v) is 8.30. The van der Waals surface area contributed by atoms with E-state index in [1.165, 1.54) is 0 Å². The molecular weight excluding hydrogens is 192 g/mol. The van der Waals surface area contributed by atoms with Crippen molar-refractivity contribution in [2.45, 2.75) is 12.6 Å². The summed E-state index contributed by atoms with van der Waals surface area (Å²) in [6.07, 6.45) is 1.87. The highest BCUT2D eigenvalue weighted by Gasteiger charge is 2.32. The first-order valence-electron chi connectivity index (χ1n) is 4.81. The molecule has 0 amide bonds. The van der Waals surface area contributed by atoms with Gasteiger partial charge in [-0.1, -0.05) is 24.3 Å². The van der Waals surface area contributed by atoms with Gasteiger partial charge in [-0.3, -0.25) is 15.0 Å². The zero-order chi connectivity index (χ0) is 10.8. The number of benzene rings is 1. The Balaban J connectivity index is 2.14. The van der Waals surface area contributed by atoms with Gasteiger partial charge in [0.05, 0.1) is 4.92 Å². The van der Waals surface area contributed by atoms with E-state index in [4.69, 9.17) is 0 Å². The Morgan fingerprint density at radius 3 is 2.93 bits per heavy atom. The molecule has 0 aliphatic carbocycles. The average molecular weight is 204 g/mol. The Morgan fingerprint density at radius 2 is 2.33 bits per heavy atom. The van der Waals surface area contributed by atoms with Crippen molar-refractivity contribution in [2.75, 3.05) is 6.54 Å². The van der Waals surface area contributed by atoms with Crippen LogP contribution in [0.1, 0.15) is 5.56 Å². The molecule has 2 unspecified atom stereocenters. The van der Waals surface area contributed by atoms with E-state index in [2.05, 4.69) is 11.5 Å². The van der Waals surface area contributed by atoms with Gasteiger partial charge in [0.25, 0.3) is 5.69 Å². The molecule has 78 valence electrons. The maximum absolute atomic E-state index is 10.7. The summed E-state index contributed by atoms with van der Waals surface area (Å²) < 4.78 is 0. The Hall–Kier alpha value is -1.68. The monoisotopic (exact) mass is 204 g/mol. The molecule has 1 fully saturated rings. The van der Waals surface area contributed by atoms with Gasteiger partial charge in [-0.2, -0.15) is 0 Å². The van der Waals surface area contributed by atoms with Gasteiger partial charge in [0.15, 0.2) is 0 Å². The molecule has 15 heavy (non-hydrogen) atoms. The van der Waals surface area contributed by atoms with Crippen LogP contribution in [-0.2, 0) is 6.54 Å². The quantitative estimate of drug-likeness (QED) is 0.326. The van der Waals surface area contributed by atoms with Crippen molar-refractivity contribution in [1.82, 2.24) is 4.90 Å². The third-order valence-electron chi connectivity index (χ3n) is 2.59. The van der Waals surface area contributed by atoms with Gasteiger partial charge >= 0.3 is 0 Å². The van der Waals surface area contributed by atoms with E-state index in [-0.39, 0.29) is 10.6 Å². The smallest absolute Gasteiger partial charge is 0.273 e. The number of para-hydroxylation sites is 1. The van der Waals surface area contributed by atoms with Gasteiger partial charge in [0, 0.05) is 30.8 Å². The van der Waals surface area contributed by atoms with Crippen LogP contribution in [0.4, 0.5) is 5.69 Å². The highest BCUT2D eigenvalue weighted by Crippen LogP contribution is 2.26. The molecule has 0 aromatic heterocycles. The van der Waals surface area contributed by atoms with E-state index in [0.29, 0.717) is 12.6 Å². The van der Waals surface area contributed by atoms with Crippen LogP contribution in [0.2, 0.25) is 0 Å². The molecule has 2 atom stereocenters. The standard InChI is InChI=1S/C11H12N2O2/c1-2-10-8-12(10)7-9-5-3-4-6-11(9)13(14)15/h2-6,10H,1,7-8H2. The molecule has 1 aliphatic heterocycles. The van der Waals surface area contributed by atoms with Gasteiger partial charge in [0.1, 0.15) is 0 Å². The third kappa shape index (κ3) is 2.05. The number of nitro benzene ring substituents is 1. The van der Waals surface area contributed by atoms with Crippen LogP contribution in [0.15, 0.2) is 36.9 Å².